The maximum atomic E-state index is 13.8. The molecule has 0 aliphatic rings. The minimum absolute atomic E-state index is 0.135. The first-order valence-corrected chi connectivity index (χ1v) is 6.22. The zero-order chi connectivity index (χ0) is 13.1. The van der Waals surface area contributed by atoms with Crippen LogP contribution in [0.3, 0.4) is 0 Å². The highest BCUT2D eigenvalue weighted by Gasteiger charge is 2.14. The monoisotopic (exact) mass is 247 g/mol. The number of halogens is 1. The largest absolute Gasteiger partial charge is 0.459 e. The third-order valence-corrected chi connectivity index (χ3v) is 3.03. The number of furan rings is 1. The van der Waals surface area contributed by atoms with E-state index in [1.807, 2.05) is 39.0 Å². The third-order valence-electron chi connectivity index (χ3n) is 3.03. The van der Waals surface area contributed by atoms with Crippen molar-refractivity contribution in [3.05, 3.63) is 47.5 Å². The molecule has 0 aliphatic heterocycles. The Balaban J connectivity index is 2.35. The summed E-state index contributed by atoms with van der Waals surface area (Å²) in [6.45, 7) is 6.83. The Kier molecular flexibility index (Phi) is 3.82. The fourth-order valence-electron chi connectivity index (χ4n) is 2.07. The van der Waals surface area contributed by atoms with E-state index in [-0.39, 0.29) is 11.9 Å². The van der Waals surface area contributed by atoms with Crippen LogP contribution in [0.5, 0.6) is 0 Å². The molecule has 96 valence electrons. The van der Waals surface area contributed by atoms with E-state index in [1.54, 1.807) is 6.07 Å². The molecule has 1 N–H and O–H groups in total. The minimum Gasteiger partial charge on any atom is -0.459 e. The van der Waals surface area contributed by atoms with Crippen LogP contribution in [0, 0.1) is 12.7 Å². The molecule has 0 saturated heterocycles. The molecule has 2 aromatic rings. The van der Waals surface area contributed by atoms with Crippen molar-refractivity contribution >= 4 is 0 Å². The van der Waals surface area contributed by atoms with Gasteiger partial charge in [0, 0.05) is 0 Å². The molecule has 18 heavy (non-hydrogen) atoms. The van der Waals surface area contributed by atoms with Gasteiger partial charge in [-0.3, -0.25) is 0 Å². The highest BCUT2D eigenvalue weighted by atomic mass is 19.1. The third kappa shape index (κ3) is 2.46. The summed E-state index contributed by atoms with van der Waals surface area (Å²) in [5.74, 6) is 1.17. The van der Waals surface area contributed by atoms with Crippen molar-refractivity contribution < 1.29 is 8.81 Å². The van der Waals surface area contributed by atoms with E-state index < -0.39 is 0 Å². The second-order valence-electron chi connectivity index (χ2n) is 4.41. The smallest absolute Gasteiger partial charge is 0.137 e. The molecule has 0 fully saturated rings. The average Bonchev–Trinajstić information content (AvgIpc) is 2.78. The van der Waals surface area contributed by atoms with Crippen molar-refractivity contribution in [2.45, 2.75) is 26.8 Å². The lowest BCUT2D eigenvalue weighted by atomic mass is 10.1. The Hall–Kier alpha value is -1.61. The molecular formula is C15H18FNO. The first kappa shape index (κ1) is 12.8. The van der Waals surface area contributed by atoms with Crippen molar-refractivity contribution in [2.75, 3.05) is 6.54 Å². The molecule has 1 aromatic heterocycles. The summed E-state index contributed by atoms with van der Waals surface area (Å²) in [6.07, 6.45) is 0. The standard InChI is InChI=1S/C15H18FNO/c1-4-17-11(3)13-8-9-14(18-13)15-10(2)6-5-7-12(15)16/h5-9,11,17H,4H2,1-3H3. The summed E-state index contributed by atoms with van der Waals surface area (Å²) in [7, 11) is 0. The van der Waals surface area contributed by atoms with Crippen LogP contribution < -0.4 is 5.32 Å². The summed E-state index contributed by atoms with van der Waals surface area (Å²) in [5, 5.41) is 3.27. The van der Waals surface area contributed by atoms with Gasteiger partial charge in [-0.05, 0) is 44.2 Å². The highest BCUT2D eigenvalue weighted by Crippen LogP contribution is 2.29. The maximum Gasteiger partial charge on any atom is 0.137 e. The van der Waals surface area contributed by atoms with Crippen molar-refractivity contribution in [1.29, 1.82) is 0 Å². The van der Waals surface area contributed by atoms with Gasteiger partial charge in [-0.2, -0.15) is 0 Å². The number of benzene rings is 1. The molecule has 3 heteroatoms. The van der Waals surface area contributed by atoms with Crippen LogP contribution in [0.4, 0.5) is 4.39 Å². The molecule has 0 bridgehead atoms. The van der Waals surface area contributed by atoms with Gasteiger partial charge in [-0.1, -0.05) is 19.1 Å². The molecule has 0 spiro atoms. The predicted molar refractivity (Wildman–Crippen MR) is 70.9 cm³/mol. The Bertz CT molecular complexity index is 513. The lowest BCUT2D eigenvalue weighted by Crippen LogP contribution is -2.16. The van der Waals surface area contributed by atoms with E-state index in [0.29, 0.717) is 11.3 Å². The molecular weight excluding hydrogens is 229 g/mol. The van der Waals surface area contributed by atoms with E-state index in [1.165, 1.54) is 6.07 Å². The van der Waals surface area contributed by atoms with Crippen molar-refractivity contribution in [1.82, 2.24) is 5.32 Å². The Morgan fingerprint density at radius 2 is 2.06 bits per heavy atom. The number of hydrogen-bond acceptors (Lipinski definition) is 2. The molecule has 0 aliphatic carbocycles. The molecule has 1 heterocycles. The average molecular weight is 247 g/mol. The molecule has 1 aromatic carbocycles. The van der Waals surface area contributed by atoms with Gasteiger partial charge in [-0.15, -0.1) is 0 Å². The quantitative estimate of drug-likeness (QED) is 0.881. The van der Waals surface area contributed by atoms with Gasteiger partial charge < -0.3 is 9.73 Å². The maximum absolute atomic E-state index is 13.8. The summed E-state index contributed by atoms with van der Waals surface area (Å²) in [6, 6.07) is 8.91. The van der Waals surface area contributed by atoms with Gasteiger partial charge in [0.25, 0.3) is 0 Å². The Morgan fingerprint density at radius 3 is 2.72 bits per heavy atom. The van der Waals surface area contributed by atoms with Crippen LogP contribution in [0.1, 0.15) is 31.2 Å². The van der Waals surface area contributed by atoms with E-state index in [4.69, 9.17) is 4.42 Å². The van der Waals surface area contributed by atoms with Crippen LogP contribution in [-0.4, -0.2) is 6.54 Å². The molecule has 0 saturated carbocycles. The summed E-state index contributed by atoms with van der Waals surface area (Å²) >= 11 is 0. The summed E-state index contributed by atoms with van der Waals surface area (Å²) in [5.41, 5.74) is 1.43. The van der Waals surface area contributed by atoms with Gasteiger partial charge in [0.1, 0.15) is 17.3 Å². The SMILES string of the molecule is CCNC(C)c1ccc(-c2c(C)cccc2F)o1. The van der Waals surface area contributed by atoms with Crippen molar-refractivity contribution in [3.63, 3.8) is 0 Å². The zero-order valence-electron chi connectivity index (χ0n) is 11.0. The zero-order valence-corrected chi connectivity index (χ0v) is 11.0. The lowest BCUT2D eigenvalue weighted by Gasteiger charge is -2.09. The van der Waals surface area contributed by atoms with Crippen LogP contribution in [0.25, 0.3) is 11.3 Å². The normalized spacial score (nSPS) is 12.7. The summed E-state index contributed by atoms with van der Waals surface area (Å²) in [4.78, 5) is 0. The highest BCUT2D eigenvalue weighted by molar-refractivity contribution is 5.62. The van der Waals surface area contributed by atoms with Gasteiger partial charge >= 0.3 is 0 Å². The first-order valence-electron chi connectivity index (χ1n) is 6.22. The minimum atomic E-state index is -0.244. The number of aryl methyl sites for hydroxylation is 1. The van der Waals surface area contributed by atoms with Crippen LogP contribution in [0.15, 0.2) is 34.7 Å². The summed E-state index contributed by atoms with van der Waals surface area (Å²) < 4.78 is 19.6. The lowest BCUT2D eigenvalue weighted by molar-refractivity contribution is 0.443. The molecule has 1 atom stereocenters. The van der Waals surface area contributed by atoms with Gasteiger partial charge in [0.05, 0.1) is 11.6 Å². The topological polar surface area (TPSA) is 25.2 Å². The number of rotatable bonds is 4. The van der Waals surface area contributed by atoms with E-state index >= 15 is 0 Å². The van der Waals surface area contributed by atoms with Crippen LogP contribution >= 0.6 is 0 Å². The van der Waals surface area contributed by atoms with E-state index in [9.17, 15) is 4.39 Å². The van der Waals surface area contributed by atoms with Gasteiger partial charge in [0.2, 0.25) is 0 Å². The fraction of sp³-hybridized carbons (Fsp3) is 0.333. The van der Waals surface area contributed by atoms with Crippen molar-refractivity contribution in [3.8, 4) is 11.3 Å². The van der Waals surface area contributed by atoms with E-state index in [2.05, 4.69) is 5.32 Å². The molecule has 2 rings (SSSR count). The first-order chi connectivity index (χ1) is 8.63. The Morgan fingerprint density at radius 1 is 1.28 bits per heavy atom. The second kappa shape index (κ2) is 5.36. The predicted octanol–water partition coefficient (Wildman–Crippen LogP) is 4.06. The molecule has 2 nitrogen and oxygen atoms in total. The van der Waals surface area contributed by atoms with E-state index in [0.717, 1.165) is 17.9 Å². The van der Waals surface area contributed by atoms with Gasteiger partial charge in [-0.25, -0.2) is 4.39 Å². The molecule has 0 amide bonds. The van der Waals surface area contributed by atoms with Crippen LogP contribution in [0.2, 0.25) is 0 Å². The van der Waals surface area contributed by atoms with Crippen LogP contribution in [-0.2, 0) is 0 Å². The molecule has 1 unspecified atom stereocenters. The fourth-order valence-corrected chi connectivity index (χ4v) is 2.07. The van der Waals surface area contributed by atoms with Crippen molar-refractivity contribution in [2.24, 2.45) is 0 Å². The molecule has 0 radical (unpaired) electrons. The number of hydrogen-bond donors (Lipinski definition) is 1. The Labute approximate surface area is 107 Å². The van der Waals surface area contributed by atoms with Gasteiger partial charge in [0.15, 0.2) is 0 Å². The second-order valence-corrected chi connectivity index (χ2v) is 4.41. The number of nitrogens with one attached hydrogen (secondary N) is 1.